The molecule has 0 bridgehead atoms. The second-order valence-electron chi connectivity index (χ2n) is 0.232. The molecule has 0 aliphatic rings. The summed E-state index contributed by atoms with van der Waals surface area (Å²) < 4.78 is 3.78. The first-order valence-electron chi connectivity index (χ1n) is 0.707. The van der Waals surface area contributed by atoms with Gasteiger partial charge < -0.3 is 4.28 Å². The van der Waals surface area contributed by atoms with Crippen LogP contribution in [0.1, 0.15) is 4.28 Å². The predicted octanol–water partition coefficient (Wildman–Crippen LogP) is -3.42. The summed E-state index contributed by atoms with van der Waals surface area (Å²) in [6.07, 6.45) is 0. The van der Waals surface area contributed by atoms with E-state index in [0.717, 1.165) is 0 Å². The molecule has 0 spiro atoms. The molecule has 0 aromatic rings. The number of hydrogen-bond donors (Lipinski definition) is 0. The van der Waals surface area contributed by atoms with E-state index in [9.17, 15) is 0 Å². The Morgan fingerprint density at radius 1 is 2.00 bits per heavy atom. The van der Waals surface area contributed by atoms with Gasteiger partial charge in [-0.15, -0.1) is 0 Å². The van der Waals surface area contributed by atoms with Crippen molar-refractivity contribution in [1.82, 2.24) is 0 Å². The third kappa shape index (κ3) is 12.1. The van der Waals surface area contributed by atoms with Gasteiger partial charge in [-0.1, -0.05) is 0 Å². The Morgan fingerprint density at radius 3 is 2.20 bits per heavy atom. The first-order chi connectivity index (χ1) is 1.91. The molecule has 0 atom stereocenters. The van der Waals surface area contributed by atoms with E-state index in [2.05, 4.69) is 3.79 Å². The third-order valence-corrected chi connectivity index (χ3v) is 0.167. The van der Waals surface area contributed by atoms with E-state index in [1.165, 1.54) is 0 Å². The second kappa shape index (κ2) is 8.82. The van der Waals surface area contributed by atoms with Gasteiger partial charge in [-0.2, -0.15) is 0 Å². The molecule has 2 nitrogen and oxygen atoms in total. The summed E-state index contributed by atoms with van der Waals surface area (Å²) in [7, 11) is 0. The van der Waals surface area contributed by atoms with Crippen molar-refractivity contribution in [3.63, 3.8) is 0 Å². The standard InChI is InChI=1S/CH2O2.Al.Li.3H/c2-1-3;;;;;/h1H,(H,2,3);;;;;/q;+3;+1;3*-1/p-1. The van der Waals surface area contributed by atoms with Crippen LogP contribution >= 0.6 is 0 Å². The Bertz CT molecular complexity index is 31.2. The molecule has 0 radical (unpaired) electrons. The van der Waals surface area contributed by atoms with Gasteiger partial charge in [0.15, 0.2) is 0 Å². The van der Waals surface area contributed by atoms with Gasteiger partial charge in [0.25, 0.3) is 0 Å². The van der Waals surface area contributed by atoms with Crippen molar-refractivity contribution in [2.24, 2.45) is 0 Å². The fourth-order valence-corrected chi connectivity index (χ4v) is 0. The number of carbonyl (C=O) groups is 1. The Morgan fingerprint density at radius 2 is 2.20 bits per heavy atom. The molecule has 0 saturated carbocycles. The maximum Gasteiger partial charge on any atom is 1.00 e. The van der Waals surface area contributed by atoms with E-state index < -0.39 is 0 Å². The summed E-state index contributed by atoms with van der Waals surface area (Å²) in [6.45, 7) is 0.338. The smallest absolute Gasteiger partial charge is 1.00 e. The number of carbonyl (C=O) groups excluding carboxylic acids is 1. The molecule has 5 heavy (non-hydrogen) atoms. The molecule has 4 heteroatoms. The van der Waals surface area contributed by atoms with Crippen molar-refractivity contribution in [2.75, 3.05) is 0 Å². The molecule has 0 N–H and O–H groups in total. The molecule has 0 fully saturated rings. The fraction of sp³-hybridized carbons (Fsp3) is 0. The van der Waals surface area contributed by atoms with Crippen LogP contribution in [0.25, 0.3) is 0 Å². The average Bonchev–Trinajstić information content (AvgIpc) is 1.37. The van der Waals surface area contributed by atoms with Crippen LogP contribution in [-0.4, -0.2) is 23.1 Å². The van der Waals surface area contributed by atoms with Gasteiger partial charge in [-0.05, 0) is 0 Å². The molecule has 0 heterocycles. The number of rotatable bonds is 1. The minimum atomic E-state index is 0. The van der Waals surface area contributed by atoms with Crippen LogP contribution in [0.3, 0.4) is 0 Å². The monoisotopic (exact) mass is 82.0 g/mol. The van der Waals surface area contributed by atoms with Gasteiger partial charge in [0.05, 0.1) is 0 Å². The van der Waals surface area contributed by atoms with Gasteiger partial charge >= 0.3 is 50.5 Å². The summed E-state index contributed by atoms with van der Waals surface area (Å²) in [5, 5.41) is 0. The molecule has 0 saturated heterocycles. The normalized spacial score (nSPS) is 4.40. The van der Waals surface area contributed by atoms with Crippen molar-refractivity contribution >= 4 is 23.1 Å². The summed E-state index contributed by atoms with van der Waals surface area (Å²) in [4.78, 5) is 8.93. The molecular formula is CH4AlLiO2. The van der Waals surface area contributed by atoms with Gasteiger partial charge in [-0.3, -0.25) is 0 Å². The van der Waals surface area contributed by atoms with Crippen molar-refractivity contribution in [2.45, 2.75) is 0 Å². The second-order valence-corrected chi connectivity index (χ2v) is 0.504. The van der Waals surface area contributed by atoms with E-state index in [-0.39, 0.29) is 23.1 Å². The quantitative estimate of drug-likeness (QED) is 0.243. The molecule has 0 unspecified atom stereocenters. The molecular weight excluding hydrogens is 77.9 g/mol. The van der Waals surface area contributed by atoms with Crippen LogP contribution < -0.4 is 18.9 Å². The van der Waals surface area contributed by atoms with Crippen LogP contribution in [0.15, 0.2) is 0 Å². The summed E-state index contributed by atoms with van der Waals surface area (Å²) in [5.74, 6) is 0. The van der Waals surface area contributed by atoms with Crippen molar-refractivity contribution in [3.8, 4) is 0 Å². The minimum absolute atomic E-state index is 0. The maximum absolute atomic E-state index is 8.93. The van der Waals surface area contributed by atoms with Crippen molar-refractivity contribution < 1.29 is 31.7 Å². The van der Waals surface area contributed by atoms with Gasteiger partial charge in [-0.25, -0.2) is 0 Å². The van der Waals surface area contributed by atoms with E-state index >= 15 is 0 Å². The SMILES string of the molecule is O=C[O][Al+2].[H-].[H-].[H-].[Li+]. The van der Waals surface area contributed by atoms with Crippen molar-refractivity contribution in [3.05, 3.63) is 0 Å². The van der Waals surface area contributed by atoms with E-state index in [4.69, 9.17) is 4.79 Å². The van der Waals surface area contributed by atoms with Gasteiger partial charge in [0.1, 0.15) is 0 Å². The predicted molar refractivity (Wildman–Crippen MR) is 16.2 cm³/mol. The third-order valence-electron chi connectivity index (χ3n) is 0.0556. The van der Waals surface area contributed by atoms with Crippen LogP contribution in [0.4, 0.5) is 0 Å². The van der Waals surface area contributed by atoms with E-state index in [1.54, 1.807) is 16.6 Å². The summed E-state index contributed by atoms with van der Waals surface area (Å²) >= 11 is 1.79. The molecule has 0 aliphatic carbocycles. The molecule has 0 aromatic heterocycles. The van der Waals surface area contributed by atoms with Gasteiger partial charge in [0.2, 0.25) is 0 Å². The Balaban J connectivity index is -0.00000000750. The van der Waals surface area contributed by atoms with Crippen LogP contribution in [0.2, 0.25) is 0 Å². The molecule has 24 valence electrons. The fourth-order valence-electron chi connectivity index (χ4n) is 0. The first kappa shape index (κ1) is 9.14. The zero-order chi connectivity index (χ0) is 3.41. The van der Waals surface area contributed by atoms with E-state index in [0.29, 0.717) is 6.47 Å². The molecule has 0 aromatic carbocycles. The zero-order valence-electron chi connectivity index (χ0n) is 5.97. The maximum atomic E-state index is 8.93. The molecule has 0 rings (SSSR count). The average molecular weight is 82.0 g/mol. The zero-order valence-corrected chi connectivity index (χ0v) is 4.13. The van der Waals surface area contributed by atoms with Crippen LogP contribution in [-0.2, 0) is 8.58 Å². The van der Waals surface area contributed by atoms with Crippen LogP contribution in [0.5, 0.6) is 0 Å². The Kier molecular flexibility index (Phi) is 16.1. The van der Waals surface area contributed by atoms with Gasteiger partial charge in [0, 0.05) is 0 Å². The summed E-state index contributed by atoms with van der Waals surface area (Å²) in [6, 6.07) is 0. The molecule has 0 aliphatic heterocycles. The number of hydrogen-bond acceptors (Lipinski definition) is 2. The first-order valence-corrected chi connectivity index (χ1v) is 1.18. The minimum Gasteiger partial charge on any atom is -1.00 e. The topological polar surface area (TPSA) is 26.3 Å². The van der Waals surface area contributed by atoms with Crippen LogP contribution in [0, 0.1) is 0 Å². The summed E-state index contributed by atoms with van der Waals surface area (Å²) in [5.41, 5.74) is 0. The Labute approximate surface area is 55.3 Å². The molecule has 0 amide bonds. The largest absolute Gasteiger partial charge is 1.00 e. The van der Waals surface area contributed by atoms with E-state index in [1.807, 2.05) is 0 Å². The van der Waals surface area contributed by atoms with Crippen molar-refractivity contribution in [1.29, 1.82) is 0 Å². The Hall–Kier alpha value is 0.600.